The van der Waals surface area contributed by atoms with Gasteiger partial charge in [0.1, 0.15) is 12.4 Å². The minimum Gasteiger partial charge on any atom is -0.492 e. The first-order chi connectivity index (χ1) is 9.13. The van der Waals surface area contributed by atoms with E-state index in [2.05, 4.69) is 4.90 Å². The summed E-state index contributed by atoms with van der Waals surface area (Å²) in [5.74, 6) is 0.853. The molecule has 1 aromatic carbocycles. The molecule has 0 aliphatic carbocycles. The summed E-state index contributed by atoms with van der Waals surface area (Å²) in [4.78, 5) is 2.72. The maximum Gasteiger partial charge on any atom is 0.119 e. The fourth-order valence-electron chi connectivity index (χ4n) is 2.21. The van der Waals surface area contributed by atoms with Crippen molar-refractivity contribution in [1.29, 1.82) is 0 Å². The molecule has 1 saturated heterocycles. The second kappa shape index (κ2) is 6.84. The fraction of sp³-hybridized carbons (Fsp3) is 0.500. The van der Waals surface area contributed by atoms with Gasteiger partial charge in [-0.15, -0.1) is 0 Å². The maximum absolute atomic E-state index is 9.42. The van der Waals surface area contributed by atoms with Crippen LogP contribution in [0.5, 0.6) is 5.75 Å². The number of hydrogen-bond donors (Lipinski definition) is 2. The Hall–Kier alpha value is -1.17. The Morgan fingerprint density at radius 2 is 2.16 bits per heavy atom. The zero-order valence-electron chi connectivity index (χ0n) is 10.9. The summed E-state index contributed by atoms with van der Waals surface area (Å²) in [7, 11) is 0. The highest BCUT2D eigenvalue weighted by molar-refractivity contribution is 7.80. The smallest absolute Gasteiger partial charge is 0.119 e. The second-order valence-electron chi connectivity index (χ2n) is 4.88. The highest BCUT2D eigenvalue weighted by atomic mass is 32.1. The second-order valence-corrected chi connectivity index (χ2v) is 5.40. The number of likely N-dealkylation sites (tertiary alicyclic amines) is 1. The highest BCUT2D eigenvalue weighted by Crippen LogP contribution is 2.13. The third kappa shape index (κ3) is 4.78. The minimum absolute atomic E-state index is 0.167. The van der Waals surface area contributed by atoms with E-state index in [9.17, 15) is 5.11 Å². The Morgan fingerprint density at radius 1 is 1.42 bits per heavy atom. The van der Waals surface area contributed by atoms with Crippen molar-refractivity contribution in [3.8, 4) is 5.75 Å². The van der Waals surface area contributed by atoms with Crippen molar-refractivity contribution in [1.82, 2.24) is 4.90 Å². The number of nitrogens with two attached hydrogens (primary N) is 1. The fourth-order valence-corrected chi connectivity index (χ4v) is 2.38. The van der Waals surface area contributed by atoms with Crippen molar-refractivity contribution < 1.29 is 9.84 Å². The summed E-state index contributed by atoms with van der Waals surface area (Å²) in [6, 6.07) is 7.83. The van der Waals surface area contributed by atoms with Gasteiger partial charge in [0.2, 0.25) is 0 Å². The van der Waals surface area contributed by atoms with Crippen molar-refractivity contribution in [3.63, 3.8) is 0 Å². The normalized spacial score (nSPS) is 19.5. The van der Waals surface area contributed by atoms with E-state index >= 15 is 0 Å². The minimum atomic E-state index is -0.167. The summed E-state index contributed by atoms with van der Waals surface area (Å²) in [6.07, 6.45) is 1.33. The zero-order chi connectivity index (χ0) is 13.7. The van der Waals surface area contributed by atoms with Crippen molar-refractivity contribution in [3.05, 3.63) is 29.8 Å². The van der Waals surface area contributed by atoms with Gasteiger partial charge in [0.25, 0.3) is 0 Å². The third-order valence-electron chi connectivity index (χ3n) is 3.23. The zero-order valence-corrected chi connectivity index (χ0v) is 11.7. The SMILES string of the molecule is NC(=S)Cc1ccc(OCCN2CCC(O)C2)cc1. The molecule has 0 bridgehead atoms. The predicted molar refractivity (Wildman–Crippen MR) is 79.5 cm³/mol. The number of aliphatic hydroxyl groups excluding tert-OH is 1. The molecule has 1 heterocycles. The molecule has 0 aromatic heterocycles. The Bertz CT molecular complexity index is 422. The molecular weight excluding hydrogens is 260 g/mol. The van der Waals surface area contributed by atoms with Crippen LogP contribution in [0.2, 0.25) is 0 Å². The lowest BCUT2D eigenvalue weighted by molar-refractivity contribution is 0.167. The molecule has 1 fully saturated rings. The number of hydrogen-bond acceptors (Lipinski definition) is 4. The van der Waals surface area contributed by atoms with Gasteiger partial charge in [-0.25, -0.2) is 0 Å². The van der Waals surface area contributed by atoms with E-state index < -0.39 is 0 Å². The van der Waals surface area contributed by atoms with E-state index in [-0.39, 0.29) is 6.10 Å². The Kier molecular flexibility index (Phi) is 5.13. The van der Waals surface area contributed by atoms with Gasteiger partial charge in [-0.05, 0) is 24.1 Å². The lowest BCUT2D eigenvalue weighted by atomic mass is 10.1. The van der Waals surface area contributed by atoms with E-state index in [1.165, 1.54) is 0 Å². The summed E-state index contributed by atoms with van der Waals surface area (Å²) in [6.45, 7) is 3.21. The highest BCUT2D eigenvalue weighted by Gasteiger charge is 2.19. The van der Waals surface area contributed by atoms with Crippen molar-refractivity contribution in [2.45, 2.75) is 18.9 Å². The summed E-state index contributed by atoms with van der Waals surface area (Å²) >= 11 is 4.87. The first-order valence-electron chi connectivity index (χ1n) is 6.54. The number of nitrogens with zero attached hydrogens (tertiary/aromatic N) is 1. The van der Waals surface area contributed by atoms with Gasteiger partial charge in [0, 0.05) is 26.1 Å². The van der Waals surface area contributed by atoms with E-state index in [1.54, 1.807) is 0 Å². The molecular formula is C14H20N2O2S. The number of thiocarbonyl (C=S) groups is 1. The maximum atomic E-state index is 9.42. The van der Waals surface area contributed by atoms with Crippen LogP contribution in [0.3, 0.4) is 0 Å². The molecule has 0 spiro atoms. The van der Waals surface area contributed by atoms with E-state index in [1.807, 2.05) is 24.3 Å². The molecule has 1 aromatic rings. The molecule has 3 N–H and O–H groups in total. The molecule has 0 saturated carbocycles. The molecule has 4 nitrogen and oxygen atoms in total. The van der Waals surface area contributed by atoms with Crippen LogP contribution in [0.25, 0.3) is 0 Å². The summed E-state index contributed by atoms with van der Waals surface area (Å²) in [5.41, 5.74) is 6.60. The number of β-amino-alcohol motifs (C(OH)–C–C–N with tert-alkyl or cyclic N) is 1. The Labute approximate surface area is 119 Å². The summed E-state index contributed by atoms with van der Waals surface area (Å²) < 4.78 is 5.68. The van der Waals surface area contributed by atoms with Gasteiger partial charge in [-0.1, -0.05) is 24.4 Å². The molecule has 0 amide bonds. The third-order valence-corrected chi connectivity index (χ3v) is 3.37. The Morgan fingerprint density at radius 3 is 2.74 bits per heavy atom. The van der Waals surface area contributed by atoms with Crippen LogP contribution in [0.1, 0.15) is 12.0 Å². The largest absolute Gasteiger partial charge is 0.492 e. The molecule has 1 unspecified atom stereocenters. The van der Waals surface area contributed by atoms with Crippen LogP contribution in [-0.4, -0.2) is 47.3 Å². The van der Waals surface area contributed by atoms with Crippen LogP contribution in [0.15, 0.2) is 24.3 Å². The van der Waals surface area contributed by atoms with Crippen LogP contribution in [0, 0.1) is 0 Å². The number of rotatable bonds is 6. The number of benzene rings is 1. The predicted octanol–water partition coefficient (Wildman–Crippen LogP) is 0.961. The topological polar surface area (TPSA) is 58.7 Å². The Balaban J connectivity index is 1.72. The van der Waals surface area contributed by atoms with Crippen LogP contribution in [0.4, 0.5) is 0 Å². The molecule has 1 atom stereocenters. The van der Waals surface area contributed by atoms with Gasteiger partial charge in [-0.2, -0.15) is 0 Å². The van der Waals surface area contributed by atoms with Gasteiger partial charge in [0.05, 0.1) is 11.1 Å². The standard InChI is InChI=1S/C14H20N2O2S/c15-14(19)9-11-1-3-13(4-2-11)18-8-7-16-6-5-12(17)10-16/h1-4,12,17H,5-10H2,(H2,15,19). The molecule has 5 heteroatoms. The number of aliphatic hydroxyl groups is 1. The average molecular weight is 280 g/mol. The lowest BCUT2D eigenvalue weighted by Gasteiger charge is -2.15. The van der Waals surface area contributed by atoms with Crippen LogP contribution >= 0.6 is 12.2 Å². The van der Waals surface area contributed by atoms with Crippen LogP contribution in [-0.2, 0) is 6.42 Å². The lowest BCUT2D eigenvalue weighted by Crippen LogP contribution is -2.27. The molecule has 0 radical (unpaired) electrons. The monoisotopic (exact) mass is 280 g/mol. The van der Waals surface area contributed by atoms with Crippen molar-refractivity contribution in [2.24, 2.45) is 5.73 Å². The van der Waals surface area contributed by atoms with E-state index in [0.717, 1.165) is 37.4 Å². The average Bonchev–Trinajstić information content (AvgIpc) is 2.77. The van der Waals surface area contributed by atoms with Gasteiger partial charge < -0.3 is 15.6 Å². The molecule has 104 valence electrons. The van der Waals surface area contributed by atoms with Gasteiger partial charge >= 0.3 is 0 Å². The summed E-state index contributed by atoms with van der Waals surface area (Å²) in [5, 5.41) is 9.42. The van der Waals surface area contributed by atoms with E-state index in [0.29, 0.717) is 18.0 Å². The molecule has 2 rings (SSSR count). The molecule has 19 heavy (non-hydrogen) atoms. The van der Waals surface area contributed by atoms with Crippen molar-refractivity contribution >= 4 is 17.2 Å². The van der Waals surface area contributed by atoms with Crippen molar-refractivity contribution in [2.75, 3.05) is 26.2 Å². The first kappa shape index (κ1) is 14.2. The van der Waals surface area contributed by atoms with Gasteiger partial charge in [-0.3, -0.25) is 4.90 Å². The molecule has 1 aliphatic heterocycles. The molecule has 1 aliphatic rings. The van der Waals surface area contributed by atoms with Crippen LogP contribution < -0.4 is 10.5 Å². The van der Waals surface area contributed by atoms with E-state index in [4.69, 9.17) is 22.7 Å². The quantitative estimate of drug-likeness (QED) is 0.760. The first-order valence-corrected chi connectivity index (χ1v) is 6.95. The van der Waals surface area contributed by atoms with Gasteiger partial charge in [0.15, 0.2) is 0 Å². The number of ether oxygens (including phenoxy) is 1.